The van der Waals surface area contributed by atoms with E-state index < -0.39 is 0 Å². The van der Waals surface area contributed by atoms with E-state index in [4.69, 9.17) is 10.7 Å². The Morgan fingerprint density at radius 1 is 1.28 bits per heavy atom. The maximum absolute atomic E-state index is 6.27. The van der Waals surface area contributed by atoms with E-state index >= 15 is 0 Å². The molecule has 1 aromatic heterocycles. The fourth-order valence-electron chi connectivity index (χ4n) is 2.41. The van der Waals surface area contributed by atoms with Gasteiger partial charge in [-0.15, -0.1) is 23.1 Å². The molecule has 1 atom stereocenters. The molecule has 4 heteroatoms. The molecule has 0 amide bonds. The van der Waals surface area contributed by atoms with Crippen molar-refractivity contribution in [1.29, 1.82) is 0 Å². The van der Waals surface area contributed by atoms with Gasteiger partial charge < -0.3 is 5.73 Å². The Labute approximate surface area is 115 Å². The molecule has 2 heterocycles. The monoisotopic (exact) mass is 274 g/mol. The second-order valence-corrected chi connectivity index (χ2v) is 7.10. The Morgan fingerprint density at radius 3 is 2.94 bits per heavy atom. The number of rotatable bonds is 2. The molecule has 92 valence electrons. The molecule has 2 nitrogen and oxygen atoms in total. The predicted octanol–water partition coefficient (Wildman–Crippen LogP) is 3.83. The van der Waals surface area contributed by atoms with Crippen LogP contribution < -0.4 is 5.73 Å². The molecule has 1 aliphatic carbocycles. The molecule has 4 rings (SSSR count). The number of fused-ring (bicyclic) bond motifs is 3. The molecule has 2 aromatic rings. The molecule has 0 spiro atoms. The molecule has 0 saturated heterocycles. The lowest BCUT2D eigenvalue weighted by Gasteiger charge is -2.13. The number of nitrogens with two attached hydrogens (primary N) is 1. The molecule has 18 heavy (non-hydrogen) atoms. The van der Waals surface area contributed by atoms with E-state index in [2.05, 4.69) is 24.3 Å². The van der Waals surface area contributed by atoms with Gasteiger partial charge in [-0.25, -0.2) is 4.98 Å². The molecule has 1 unspecified atom stereocenters. The number of aromatic nitrogens is 1. The van der Waals surface area contributed by atoms with Crippen LogP contribution in [0.3, 0.4) is 0 Å². The van der Waals surface area contributed by atoms with Crippen LogP contribution in [0.1, 0.15) is 28.8 Å². The first kappa shape index (κ1) is 11.0. The fourth-order valence-corrected chi connectivity index (χ4v) is 4.71. The number of benzene rings is 1. The Kier molecular flexibility index (Phi) is 2.50. The van der Waals surface area contributed by atoms with Gasteiger partial charge in [-0.1, -0.05) is 18.2 Å². The summed E-state index contributed by atoms with van der Waals surface area (Å²) in [6, 6.07) is 8.71. The van der Waals surface area contributed by atoms with Crippen LogP contribution >= 0.6 is 23.1 Å². The normalized spacial score (nSPS) is 19.2. The van der Waals surface area contributed by atoms with Crippen LogP contribution in [0.25, 0.3) is 11.3 Å². The average molecular weight is 274 g/mol. The third-order valence-electron chi connectivity index (χ3n) is 3.63. The summed E-state index contributed by atoms with van der Waals surface area (Å²) in [6.45, 7) is 0. The second-order valence-electron chi connectivity index (χ2n) is 4.97. The largest absolute Gasteiger partial charge is 0.322 e. The van der Waals surface area contributed by atoms with Crippen molar-refractivity contribution in [2.45, 2.75) is 29.5 Å². The van der Waals surface area contributed by atoms with Gasteiger partial charge in [0, 0.05) is 21.1 Å². The van der Waals surface area contributed by atoms with Crippen molar-refractivity contribution in [3.8, 4) is 11.3 Å². The van der Waals surface area contributed by atoms with Crippen molar-refractivity contribution in [1.82, 2.24) is 4.98 Å². The van der Waals surface area contributed by atoms with E-state index in [0.717, 1.165) is 10.8 Å². The lowest BCUT2D eigenvalue weighted by atomic mass is 10.1. The lowest BCUT2D eigenvalue weighted by Crippen LogP contribution is -2.11. The minimum Gasteiger partial charge on any atom is -0.322 e. The molecular weight excluding hydrogens is 260 g/mol. The van der Waals surface area contributed by atoms with Gasteiger partial charge in [-0.05, 0) is 24.8 Å². The summed E-state index contributed by atoms with van der Waals surface area (Å²) in [5, 5.41) is 1.14. The number of nitrogens with zero attached hydrogens (tertiary/aromatic N) is 1. The van der Waals surface area contributed by atoms with Crippen LogP contribution in [0.5, 0.6) is 0 Å². The van der Waals surface area contributed by atoms with Crippen molar-refractivity contribution < 1.29 is 0 Å². The maximum Gasteiger partial charge on any atom is 0.111 e. The minimum atomic E-state index is 0.165. The van der Waals surface area contributed by atoms with E-state index in [0.29, 0.717) is 5.92 Å². The highest BCUT2D eigenvalue weighted by atomic mass is 32.2. The summed E-state index contributed by atoms with van der Waals surface area (Å²) in [5.41, 5.74) is 8.74. The van der Waals surface area contributed by atoms with Crippen molar-refractivity contribution in [3.05, 3.63) is 34.2 Å². The molecule has 1 aliphatic heterocycles. The van der Waals surface area contributed by atoms with E-state index in [1.165, 1.54) is 33.9 Å². The number of hydrogen-bond acceptors (Lipinski definition) is 4. The molecular formula is C14H14N2S2. The quantitative estimate of drug-likeness (QED) is 0.904. The van der Waals surface area contributed by atoms with Crippen LogP contribution in [0.15, 0.2) is 29.2 Å². The van der Waals surface area contributed by atoms with Crippen molar-refractivity contribution >= 4 is 23.1 Å². The van der Waals surface area contributed by atoms with Crippen LogP contribution in [-0.4, -0.2) is 4.98 Å². The molecule has 2 N–H and O–H groups in total. The number of hydrogen-bond donors (Lipinski definition) is 1. The standard InChI is InChI=1S/C14H14N2S2/c15-12(8-5-6-8)14-16-13-9-3-1-2-4-10(9)17-7-11(13)18-14/h1-4,8,12H,5-7,15H2. The summed E-state index contributed by atoms with van der Waals surface area (Å²) in [6.07, 6.45) is 2.55. The van der Waals surface area contributed by atoms with Crippen molar-refractivity contribution in [2.24, 2.45) is 11.7 Å². The smallest absolute Gasteiger partial charge is 0.111 e. The van der Waals surface area contributed by atoms with Crippen molar-refractivity contribution in [3.63, 3.8) is 0 Å². The first-order chi connectivity index (χ1) is 8.83. The van der Waals surface area contributed by atoms with E-state index in [1.807, 2.05) is 23.1 Å². The third kappa shape index (κ3) is 1.71. The molecule has 1 fully saturated rings. The summed E-state index contributed by atoms with van der Waals surface area (Å²) >= 11 is 3.73. The van der Waals surface area contributed by atoms with Crippen LogP contribution in [-0.2, 0) is 5.75 Å². The van der Waals surface area contributed by atoms with E-state index in [1.54, 1.807) is 0 Å². The Bertz CT molecular complexity index is 602. The highest BCUT2D eigenvalue weighted by Crippen LogP contribution is 2.46. The topological polar surface area (TPSA) is 38.9 Å². The zero-order valence-electron chi connectivity index (χ0n) is 9.93. The average Bonchev–Trinajstić information content (AvgIpc) is 3.16. The first-order valence-corrected chi connectivity index (χ1v) is 8.10. The SMILES string of the molecule is NC(c1nc2c(s1)CSc1ccccc1-2)C1CC1. The number of thioether (sulfide) groups is 1. The van der Waals surface area contributed by atoms with Crippen LogP contribution in [0.2, 0.25) is 0 Å². The summed E-state index contributed by atoms with van der Waals surface area (Å²) < 4.78 is 0. The van der Waals surface area contributed by atoms with Gasteiger partial charge >= 0.3 is 0 Å². The fraction of sp³-hybridized carbons (Fsp3) is 0.357. The zero-order valence-corrected chi connectivity index (χ0v) is 11.6. The first-order valence-electron chi connectivity index (χ1n) is 6.30. The maximum atomic E-state index is 6.27. The number of thiazole rings is 1. The van der Waals surface area contributed by atoms with Crippen molar-refractivity contribution in [2.75, 3.05) is 0 Å². The minimum absolute atomic E-state index is 0.165. The third-order valence-corrected chi connectivity index (χ3v) is 6.07. The van der Waals surface area contributed by atoms with Crippen LogP contribution in [0.4, 0.5) is 0 Å². The van der Waals surface area contributed by atoms with Gasteiger partial charge in [-0.3, -0.25) is 0 Å². The highest BCUT2D eigenvalue weighted by Gasteiger charge is 2.33. The van der Waals surface area contributed by atoms with Gasteiger partial charge in [0.1, 0.15) is 5.01 Å². The summed E-state index contributed by atoms with van der Waals surface area (Å²) in [4.78, 5) is 7.58. The van der Waals surface area contributed by atoms with Gasteiger partial charge in [-0.2, -0.15) is 0 Å². The summed E-state index contributed by atoms with van der Waals surface area (Å²) in [7, 11) is 0. The second kappa shape index (κ2) is 4.08. The Hall–Kier alpha value is -0.840. The van der Waals surface area contributed by atoms with Gasteiger partial charge in [0.05, 0.1) is 11.7 Å². The molecule has 0 bridgehead atoms. The molecule has 1 aromatic carbocycles. The summed E-state index contributed by atoms with van der Waals surface area (Å²) in [5.74, 6) is 1.72. The van der Waals surface area contributed by atoms with Crippen LogP contribution in [0, 0.1) is 5.92 Å². The lowest BCUT2D eigenvalue weighted by molar-refractivity contribution is 0.629. The van der Waals surface area contributed by atoms with Gasteiger partial charge in [0.15, 0.2) is 0 Å². The van der Waals surface area contributed by atoms with E-state index in [-0.39, 0.29) is 6.04 Å². The Morgan fingerprint density at radius 2 is 2.11 bits per heavy atom. The molecule has 0 radical (unpaired) electrons. The predicted molar refractivity (Wildman–Crippen MR) is 76.8 cm³/mol. The molecule has 1 saturated carbocycles. The highest BCUT2D eigenvalue weighted by molar-refractivity contribution is 7.98. The van der Waals surface area contributed by atoms with Gasteiger partial charge in [0.25, 0.3) is 0 Å². The molecule has 2 aliphatic rings. The van der Waals surface area contributed by atoms with E-state index in [9.17, 15) is 0 Å². The van der Waals surface area contributed by atoms with Gasteiger partial charge in [0.2, 0.25) is 0 Å². The Balaban J connectivity index is 1.79. The zero-order chi connectivity index (χ0) is 12.1.